The number of alkyl halides is 4. The Kier molecular flexibility index (Phi) is 4.22. The molecular weight excluding hydrogens is 346 g/mol. The van der Waals surface area contributed by atoms with Crippen molar-refractivity contribution in [2.24, 2.45) is 0 Å². The molecular formula is C12H10BrF4NO2. The maximum Gasteiger partial charge on any atom is 0.412 e. The second kappa shape index (κ2) is 5.59. The zero-order chi connectivity index (χ0) is 14.9. The molecule has 1 heterocycles. The van der Waals surface area contributed by atoms with Gasteiger partial charge in [0.2, 0.25) is 5.91 Å². The molecule has 110 valence electrons. The van der Waals surface area contributed by atoms with Crippen molar-refractivity contribution in [3.05, 3.63) is 29.6 Å². The van der Waals surface area contributed by atoms with Gasteiger partial charge in [0, 0.05) is 5.56 Å². The first-order valence-corrected chi connectivity index (χ1v) is 6.78. The van der Waals surface area contributed by atoms with Crippen LogP contribution in [0.2, 0.25) is 0 Å². The predicted octanol–water partition coefficient (Wildman–Crippen LogP) is 2.87. The highest BCUT2D eigenvalue weighted by Gasteiger charge is 2.47. The fourth-order valence-electron chi connectivity index (χ4n) is 1.97. The predicted molar refractivity (Wildman–Crippen MR) is 66.1 cm³/mol. The van der Waals surface area contributed by atoms with Crippen LogP contribution in [-0.2, 0) is 11.3 Å². The van der Waals surface area contributed by atoms with Gasteiger partial charge in [-0.25, -0.2) is 4.39 Å². The Balaban J connectivity index is 2.39. The monoisotopic (exact) mass is 355 g/mol. The molecule has 2 rings (SSSR count). The fourth-order valence-corrected chi connectivity index (χ4v) is 2.30. The average Bonchev–Trinajstić information content (AvgIpc) is 2.56. The van der Waals surface area contributed by atoms with Crippen molar-refractivity contribution in [1.29, 1.82) is 0 Å². The molecule has 20 heavy (non-hydrogen) atoms. The number of nitrogens with zero attached hydrogens (tertiary/aromatic N) is 1. The van der Waals surface area contributed by atoms with Crippen LogP contribution in [0, 0.1) is 5.82 Å². The number of amides is 1. The minimum atomic E-state index is -4.61. The molecule has 1 aliphatic heterocycles. The van der Waals surface area contributed by atoms with Crippen LogP contribution in [0.25, 0.3) is 0 Å². The molecule has 1 aromatic rings. The summed E-state index contributed by atoms with van der Waals surface area (Å²) in [5.74, 6) is -1.16. The minimum absolute atomic E-state index is 0.158. The van der Waals surface area contributed by atoms with Gasteiger partial charge in [-0.3, -0.25) is 4.79 Å². The summed E-state index contributed by atoms with van der Waals surface area (Å²) in [6.07, 6.45) is -4.61. The van der Waals surface area contributed by atoms with Gasteiger partial charge in [-0.15, -0.1) is 0 Å². The van der Waals surface area contributed by atoms with E-state index in [1.807, 2.05) is 0 Å². The molecule has 1 aromatic carbocycles. The summed E-state index contributed by atoms with van der Waals surface area (Å²) in [5, 5.41) is -0.246. The molecule has 0 radical (unpaired) electrons. The van der Waals surface area contributed by atoms with Crippen LogP contribution in [0.1, 0.15) is 5.56 Å². The smallest absolute Gasteiger partial charge is 0.412 e. The van der Waals surface area contributed by atoms with E-state index in [9.17, 15) is 22.4 Å². The lowest BCUT2D eigenvalue weighted by Crippen LogP contribution is -2.51. The number of hydrogen-bond donors (Lipinski definition) is 0. The molecule has 0 aliphatic carbocycles. The number of ether oxygens (including phenoxy) is 1. The molecule has 1 atom stereocenters. The Labute approximate surface area is 120 Å². The van der Waals surface area contributed by atoms with Crippen molar-refractivity contribution in [1.82, 2.24) is 4.90 Å². The first-order chi connectivity index (χ1) is 9.32. The summed E-state index contributed by atoms with van der Waals surface area (Å²) in [4.78, 5) is 12.4. The lowest BCUT2D eigenvalue weighted by atomic mass is 10.1. The summed E-state index contributed by atoms with van der Waals surface area (Å²) < 4.78 is 57.3. The van der Waals surface area contributed by atoms with E-state index in [2.05, 4.69) is 15.9 Å². The molecule has 0 aromatic heterocycles. The maximum absolute atomic E-state index is 13.2. The zero-order valence-electron chi connectivity index (χ0n) is 10.1. The molecule has 0 fully saturated rings. The molecule has 3 nitrogen and oxygen atoms in total. The fraction of sp³-hybridized carbons (Fsp3) is 0.417. The van der Waals surface area contributed by atoms with Gasteiger partial charge in [-0.05, 0) is 18.2 Å². The van der Waals surface area contributed by atoms with E-state index in [-0.39, 0.29) is 23.2 Å². The Bertz CT molecular complexity index is 521. The van der Waals surface area contributed by atoms with E-state index in [0.717, 1.165) is 12.1 Å². The first kappa shape index (κ1) is 15.1. The second-order valence-electron chi connectivity index (χ2n) is 4.28. The van der Waals surface area contributed by atoms with Crippen molar-refractivity contribution >= 4 is 21.8 Å². The standard InChI is InChI=1S/C12H10BrF4NO2/c13-4-11(19)18-5-7-3-8(14)1-2-9(7)20-6-10(18)12(15,16)17/h1-3,10H,4-6H2/t10-/m0/s1. The van der Waals surface area contributed by atoms with Crippen LogP contribution >= 0.6 is 15.9 Å². The number of rotatable bonds is 1. The van der Waals surface area contributed by atoms with Gasteiger partial charge in [0.1, 0.15) is 18.2 Å². The third-order valence-corrected chi connectivity index (χ3v) is 3.43. The van der Waals surface area contributed by atoms with Gasteiger partial charge in [0.25, 0.3) is 0 Å². The van der Waals surface area contributed by atoms with E-state index in [0.29, 0.717) is 4.90 Å². The third-order valence-electron chi connectivity index (χ3n) is 2.95. The molecule has 8 heteroatoms. The summed E-state index contributed by atoms with van der Waals surface area (Å²) >= 11 is 2.85. The largest absolute Gasteiger partial charge is 0.491 e. The van der Waals surface area contributed by atoms with Crippen LogP contribution in [0.3, 0.4) is 0 Å². The minimum Gasteiger partial charge on any atom is -0.491 e. The highest BCUT2D eigenvalue weighted by atomic mass is 79.9. The highest BCUT2D eigenvalue weighted by Crippen LogP contribution is 2.32. The topological polar surface area (TPSA) is 29.5 Å². The molecule has 0 saturated carbocycles. The number of hydrogen-bond acceptors (Lipinski definition) is 2. The number of benzene rings is 1. The summed E-state index contributed by atoms with van der Waals surface area (Å²) in [7, 11) is 0. The van der Waals surface area contributed by atoms with Crippen molar-refractivity contribution in [2.45, 2.75) is 18.8 Å². The van der Waals surface area contributed by atoms with Gasteiger partial charge in [0.05, 0.1) is 11.9 Å². The lowest BCUT2D eigenvalue weighted by molar-refractivity contribution is -0.194. The van der Waals surface area contributed by atoms with Crippen LogP contribution in [0.4, 0.5) is 17.6 Å². The summed E-state index contributed by atoms with van der Waals surface area (Å²) in [6.45, 7) is -1.05. The van der Waals surface area contributed by atoms with Crippen LogP contribution < -0.4 is 4.74 Å². The SMILES string of the molecule is O=C(CBr)N1Cc2cc(F)ccc2OC[C@H]1C(F)(F)F. The third kappa shape index (κ3) is 3.05. The number of halogens is 5. The Morgan fingerprint density at radius 1 is 1.45 bits per heavy atom. The van der Waals surface area contributed by atoms with E-state index in [1.54, 1.807) is 0 Å². The number of carbonyl (C=O) groups is 1. The van der Waals surface area contributed by atoms with Gasteiger partial charge in [0.15, 0.2) is 6.04 Å². The molecule has 0 saturated heterocycles. The summed E-state index contributed by atoms with van der Waals surface area (Å²) in [5.41, 5.74) is 0.214. The Hall–Kier alpha value is -1.31. The van der Waals surface area contributed by atoms with Gasteiger partial charge in [-0.1, -0.05) is 15.9 Å². The first-order valence-electron chi connectivity index (χ1n) is 5.66. The van der Waals surface area contributed by atoms with Crippen molar-refractivity contribution in [3.8, 4) is 5.75 Å². The lowest BCUT2D eigenvalue weighted by Gasteiger charge is -2.30. The molecule has 0 bridgehead atoms. The van der Waals surface area contributed by atoms with E-state index < -0.39 is 30.5 Å². The van der Waals surface area contributed by atoms with Crippen LogP contribution in [-0.4, -0.2) is 35.0 Å². The van der Waals surface area contributed by atoms with Crippen molar-refractivity contribution in [2.75, 3.05) is 11.9 Å². The highest BCUT2D eigenvalue weighted by molar-refractivity contribution is 9.09. The normalized spacial score (nSPS) is 19.1. The zero-order valence-corrected chi connectivity index (χ0v) is 11.7. The Morgan fingerprint density at radius 2 is 2.15 bits per heavy atom. The maximum atomic E-state index is 13.2. The molecule has 1 amide bonds. The van der Waals surface area contributed by atoms with Crippen LogP contribution in [0.5, 0.6) is 5.75 Å². The van der Waals surface area contributed by atoms with Gasteiger partial charge in [-0.2, -0.15) is 13.2 Å². The van der Waals surface area contributed by atoms with E-state index >= 15 is 0 Å². The molecule has 0 unspecified atom stereocenters. The van der Waals surface area contributed by atoms with Crippen LogP contribution in [0.15, 0.2) is 18.2 Å². The van der Waals surface area contributed by atoms with Crippen molar-refractivity contribution < 1.29 is 27.1 Å². The Morgan fingerprint density at radius 3 is 2.75 bits per heavy atom. The van der Waals surface area contributed by atoms with Gasteiger partial charge >= 0.3 is 6.18 Å². The van der Waals surface area contributed by atoms with Gasteiger partial charge < -0.3 is 9.64 Å². The number of fused-ring (bicyclic) bond motifs is 1. The second-order valence-corrected chi connectivity index (χ2v) is 4.84. The number of carbonyl (C=O) groups excluding carboxylic acids is 1. The van der Waals surface area contributed by atoms with E-state index in [1.165, 1.54) is 6.07 Å². The molecule has 0 N–H and O–H groups in total. The summed E-state index contributed by atoms with van der Waals surface area (Å²) in [6, 6.07) is 1.38. The average molecular weight is 356 g/mol. The van der Waals surface area contributed by atoms with E-state index in [4.69, 9.17) is 4.74 Å². The molecule has 1 aliphatic rings. The quantitative estimate of drug-likeness (QED) is 0.572. The van der Waals surface area contributed by atoms with Crippen molar-refractivity contribution in [3.63, 3.8) is 0 Å². The molecule has 0 spiro atoms.